The summed E-state index contributed by atoms with van der Waals surface area (Å²) in [5.41, 5.74) is 1.26. The SMILES string of the molecule is CCC(CC(=O)NC1CCNC1)c1ccccc1.Cl. The van der Waals surface area contributed by atoms with Gasteiger partial charge in [-0.15, -0.1) is 12.4 Å². The molecule has 1 aromatic carbocycles. The first-order valence-corrected chi connectivity index (χ1v) is 6.84. The third-order valence-corrected chi connectivity index (χ3v) is 3.62. The van der Waals surface area contributed by atoms with Crippen molar-refractivity contribution >= 4 is 18.3 Å². The molecule has 1 heterocycles. The molecule has 1 aliphatic heterocycles. The Balaban J connectivity index is 0.00000180. The summed E-state index contributed by atoms with van der Waals surface area (Å²) in [4.78, 5) is 12.0. The average molecular weight is 283 g/mol. The summed E-state index contributed by atoms with van der Waals surface area (Å²) in [6.45, 7) is 4.07. The number of hydrogen-bond donors (Lipinski definition) is 2. The predicted molar refractivity (Wildman–Crippen MR) is 80.8 cm³/mol. The molecule has 19 heavy (non-hydrogen) atoms. The lowest BCUT2D eigenvalue weighted by molar-refractivity contribution is -0.122. The number of hydrogen-bond acceptors (Lipinski definition) is 2. The minimum absolute atomic E-state index is 0. The van der Waals surface area contributed by atoms with E-state index in [1.54, 1.807) is 0 Å². The van der Waals surface area contributed by atoms with Crippen molar-refractivity contribution in [1.82, 2.24) is 10.6 Å². The van der Waals surface area contributed by atoms with Crippen molar-refractivity contribution < 1.29 is 4.79 Å². The second kappa shape index (κ2) is 8.18. The largest absolute Gasteiger partial charge is 0.352 e. The maximum absolute atomic E-state index is 12.0. The average Bonchev–Trinajstić information content (AvgIpc) is 2.90. The Hall–Kier alpha value is -1.06. The summed E-state index contributed by atoms with van der Waals surface area (Å²) < 4.78 is 0. The van der Waals surface area contributed by atoms with E-state index in [0.717, 1.165) is 25.9 Å². The van der Waals surface area contributed by atoms with Crippen molar-refractivity contribution in [2.75, 3.05) is 13.1 Å². The Kier molecular flexibility index (Phi) is 6.89. The van der Waals surface area contributed by atoms with Gasteiger partial charge in [0, 0.05) is 19.0 Å². The van der Waals surface area contributed by atoms with Crippen molar-refractivity contribution in [2.24, 2.45) is 0 Å². The smallest absolute Gasteiger partial charge is 0.220 e. The molecule has 0 bridgehead atoms. The van der Waals surface area contributed by atoms with E-state index >= 15 is 0 Å². The number of carbonyl (C=O) groups excluding carboxylic acids is 1. The molecule has 1 fully saturated rings. The number of nitrogens with one attached hydrogen (secondary N) is 2. The highest BCUT2D eigenvalue weighted by Crippen LogP contribution is 2.22. The zero-order valence-corrected chi connectivity index (χ0v) is 12.2. The van der Waals surface area contributed by atoms with Gasteiger partial charge in [0.05, 0.1) is 0 Å². The summed E-state index contributed by atoms with van der Waals surface area (Å²) in [6.07, 6.45) is 2.64. The zero-order chi connectivity index (χ0) is 12.8. The molecule has 2 unspecified atom stereocenters. The summed E-state index contributed by atoms with van der Waals surface area (Å²) >= 11 is 0. The van der Waals surface area contributed by atoms with Crippen molar-refractivity contribution in [3.05, 3.63) is 35.9 Å². The van der Waals surface area contributed by atoms with E-state index < -0.39 is 0 Å². The molecule has 2 atom stereocenters. The lowest BCUT2D eigenvalue weighted by Crippen LogP contribution is -2.36. The Morgan fingerprint density at radius 1 is 1.42 bits per heavy atom. The van der Waals surface area contributed by atoms with Gasteiger partial charge >= 0.3 is 0 Å². The third kappa shape index (κ3) is 4.84. The second-order valence-corrected chi connectivity index (χ2v) is 4.98. The van der Waals surface area contributed by atoms with Gasteiger partial charge in [0.1, 0.15) is 0 Å². The van der Waals surface area contributed by atoms with Gasteiger partial charge in [-0.25, -0.2) is 0 Å². The number of halogens is 1. The van der Waals surface area contributed by atoms with Crippen LogP contribution in [0.1, 0.15) is 37.7 Å². The molecule has 4 heteroatoms. The van der Waals surface area contributed by atoms with Gasteiger partial charge in [0.15, 0.2) is 0 Å². The quantitative estimate of drug-likeness (QED) is 0.871. The van der Waals surface area contributed by atoms with E-state index in [9.17, 15) is 4.79 Å². The van der Waals surface area contributed by atoms with Crippen LogP contribution in [0.3, 0.4) is 0 Å². The van der Waals surface area contributed by atoms with Crippen LogP contribution in [0, 0.1) is 0 Å². The van der Waals surface area contributed by atoms with E-state index in [1.165, 1.54) is 5.56 Å². The fourth-order valence-electron chi connectivity index (χ4n) is 2.51. The molecule has 106 valence electrons. The number of benzene rings is 1. The summed E-state index contributed by atoms with van der Waals surface area (Å²) in [6, 6.07) is 10.6. The van der Waals surface area contributed by atoms with Gasteiger partial charge < -0.3 is 10.6 Å². The molecule has 3 nitrogen and oxygen atoms in total. The summed E-state index contributed by atoms with van der Waals surface area (Å²) in [7, 11) is 0. The minimum atomic E-state index is 0. The monoisotopic (exact) mass is 282 g/mol. The molecule has 0 aromatic heterocycles. The Labute approximate surface area is 121 Å². The topological polar surface area (TPSA) is 41.1 Å². The maximum atomic E-state index is 12.0. The van der Waals surface area contributed by atoms with Crippen LogP contribution in [0.2, 0.25) is 0 Å². The van der Waals surface area contributed by atoms with Gasteiger partial charge in [-0.05, 0) is 30.9 Å². The van der Waals surface area contributed by atoms with Crippen LogP contribution in [0.15, 0.2) is 30.3 Å². The Bertz CT molecular complexity index is 377. The fourth-order valence-corrected chi connectivity index (χ4v) is 2.51. The molecule has 1 amide bonds. The first-order chi connectivity index (χ1) is 8.79. The van der Waals surface area contributed by atoms with E-state index in [2.05, 4.69) is 29.7 Å². The van der Waals surface area contributed by atoms with Crippen molar-refractivity contribution in [3.8, 4) is 0 Å². The van der Waals surface area contributed by atoms with Gasteiger partial charge in [-0.3, -0.25) is 4.79 Å². The molecule has 1 saturated heterocycles. The van der Waals surface area contributed by atoms with Crippen LogP contribution in [0.5, 0.6) is 0 Å². The normalized spacial score (nSPS) is 19.5. The van der Waals surface area contributed by atoms with Crippen molar-refractivity contribution in [2.45, 2.75) is 38.1 Å². The van der Waals surface area contributed by atoms with E-state index in [0.29, 0.717) is 18.4 Å². The van der Waals surface area contributed by atoms with E-state index in [4.69, 9.17) is 0 Å². The predicted octanol–water partition coefficient (Wildman–Crippen LogP) is 2.47. The zero-order valence-electron chi connectivity index (χ0n) is 11.4. The number of rotatable bonds is 5. The van der Waals surface area contributed by atoms with Crippen LogP contribution in [-0.4, -0.2) is 25.0 Å². The molecule has 0 aliphatic carbocycles. The number of amides is 1. The maximum Gasteiger partial charge on any atom is 0.220 e. The van der Waals surface area contributed by atoms with Gasteiger partial charge in [-0.1, -0.05) is 37.3 Å². The minimum Gasteiger partial charge on any atom is -0.352 e. The molecule has 0 saturated carbocycles. The fraction of sp³-hybridized carbons (Fsp3) is 0.533. The Morgan fingerprint density at radius 2 is 2.16 bits per heavy atom. The molecule has 1 aliphatic rings. The second-order valence-electron chi connectivity index (χ2n) is 4.98. The molecule has 2 N–H and O–H groups in total. The molecule has 1 aromatic rings. The third-order valence-electron chi connectivity index (χ3n) is 3.62. The Morgan fingerprint density at radius 3 is 2.74 bits per heavy atom. The van der Waals surface area contributed by atoms with Crippen LogP contribution >= 0.6 is 12.4 Å². The van der Waals surface area contributed by atoms with Gasteiger partial charge in [0.25, 0.3) is 0 Å². The number of carbonyl (C=O) groups is 1. The van der Waals surface area contributed by atoms with E-state index in [-0.39, 0.29) is 18.3 Å². The van der Waals surface area contributed by atoms with Crippen molar-refractivity contribution in [3.63, 3.8) is 0 Å². The van der Waals surface area contributed by atoms with Crippen LogP contribution in [0.4, 0.5) is 0 Å². The molecule has 0 radical (unpaired) electrons. The van der Waals surface area contributed by atoms with Crippen molar-refractivity contribution in [1.29, 1.82) is 0 Å². The van der Waals surface area contributed by atoms with Crippen LogP contribution < -0.4 is 10.6 Å². The highest BCUT2D eigenvalue weighted by Gasteiger charge is 2.19. The van der Waals surface area contributed by atoms with Crippen LogP contribution in [-0.2, 0) is 4.79 Å². The summed E-state index contributed by atoms with van der Waals surface area (Å²) in [5.74, 6) is 0.514. The molecular formula is C15H23ClN2O. The lowest BCUT2D eigenvalue weighted by atomic mass is 9.93. The highest BCUT2D eigenvalue weighted by molar-refractivity contribution is 5.85. The highest BCUT2D eigenvalue weighted by atomic mass is 35.5. The molecular weight excluding hydrogens is 260 g/mol. The molecule has 2 rings (SSSR count). The van der Waals surface area contributed by atoms with Gasteiger partial charge in [0.2, 0.25) is 5.91 Å². The first-order valence-electron chi connectivity index (χ1n) is 6.84. The lowest BCUT2D eigenvalue weighted by Gasteiger charge is -2.17. The molecule has 0 spiro atoms. The summed E-state index contributed by atoms with van der Waals surface area (Å²) in [5, 5.41) is 6.37. The first kappa shape index (κ1) is 16.0. The standard InChI is InChI=1S/C15H22N2O.ClH/c1-2-12(13-6-4-3-5-7-13)10-15(18)17-14-8-9-16-11-14;/h3-7,12,14,16H,2,8-11H2,1H3,(H,17,18);1H. The van der Waals surface area contributed by atoms with Gasteiger partial charge in [-0.2, -0.15) is 0 Å². The van der Waals surface area contributed by atoms with Crippen LogP contribution in [0.25, 0.3) is 0 Å². The van der Waals surface area contributed by atoms with E-state index in [1.807, 2.05) is 18.2 Å².